The molecule has 0 fully saturated rings. The van der Waals surface area contributed by atoms with Gasteiger partial charge in [0.2, 0.25) is 0 Å². The summed E-state index contributed by atoms with van der Waals surface area (Å²) in [4.78, 5) is 16.5. The van der Waals surface area contributed by atoms with Crippen LogP contribution in [0.1, 0.15) is 26.3 Å². The summed E-state index contributed by atoms with van der Waals surface area (Å²) >= 11 is 6.22. The SMILES string of the molecule is CC(C)(C)n1ncc(OCc2ccc(Oc3ccccc3-n3ccnc3)cc2)c(Cl)c1=O. The summed E-state index contributed by atoms with van der Waals surface area (Å²) in [5.74, 6) is 1.66. The van der Waals surface area contributed by atoms with Gasteiger partial charge in [0.1, 0.15) is 12.4 Å². The lowest BCUT2D eigenvalue weighted by molar-refractivity contribution is 0.292. The third-order valence-corrected chi connectivity index (χ3v) is 5.06. The molecule has 0 saturated carbocycles. The number of halogens is 1. The normalized spacial score (nSPS) is 11.4. The summed E-state index contributed by atoms with van der Waals surface area (Å²) in [6.07, 6.45) is 6.78. The Balaban J connectivity index is 1.45. The first-order valence-corrected chi connectivity index (χ1v) is 10.5. The molecular formula is C24H23ClN4O3. The Labute approximate surface area is 190 Å². The van der Waals surface area contributed by atoms with Crippen molar-refractivity contribution in [2.75, 3.05) is 0 Å². The molecule has 0 aliphatic rings. The van der Waals surface area contributed by atoms with Gasteiger partial charge in [-0.2, -0.15) is 5.10 Å². The van der Waals surface area contributed by atoms with E-state index >= 15 is 0 Å². The van der Waals surface area contributed by atoms with Gasteiger partial charge < -0.3 is 14.0 Å². The Bertz CT molecular complexity index is 1260. The van der Waals surface area contributed by atoms with Crippen molar-refractivity contribution in [3.8, 4) is 22.9 Å². The standard InChI is InChI=1S/C24H23ClN4O3/c1-24(2,3)29-23(30)22(25)21(14-27-29)31-15-17-8-10-18(11-9-17)32-20-7-5-4-6-19(20)28-13-12-26-16-28/h4-14,16H,15H2,1-3H3. The first-order chi connectivity index (χ1) is 15.3. The van der Waals surface area contributed by atoms with E-state index < -0.39 is 5.54 Å². The number of ether oxygens (including phenoxy) is 2. The molecule has 0 atom stereocenters. The molecule has 0 unspecified atom stereocenters. The maximum atomic E-state index is 12.4. The zero-order valence-electron chi connectivity index (χ0n) is 18.0. The van der Waals surface area contributed by atoms with Crippen molar-refractivity contribution >= 4 is 11.6 Å². The van der Waals surface area contributed by atoms with Crippen LogP contribution >= 0.6 is 11.6 Å². The van der Waals surface area contributed by atoms with Crippen LogP contribution in [-0.4, -0.2) is 19.3 Å². The molecule has 164 valence electrons. The van der Waals surface area contributed by atoms with E-state index in [0.29, 0.717) is 11.5 Å². The Kier molecular flexibility index (Phi) is 6.01. The molecule has 0 radical (unpaired) electrons. The number of hydrogen-bond acceptors (Lipinski definition) is 5. The van der Waals surface area contributed by atoms with Crippen molar-refractivity contribution in [2.45, 2.75) is 32.9 Å². The van der Waals surface area contributed by atoms with Crippen LogP contribution in [0.25, 0.3) is 5.69 Å². The third kappa shape index (κ3) is 4.68. The van der Waals surface area contributed by atoms with Gasteiger partial charge in [0.15, 0.2) is 16.5 Å². The van der Waals surface area contributed by atoms with Crippen LogP contribution in [0, 0.1) is 0 Å². The van der Waals surface area contributed by atoms with Crippen molar-refractivity contribution in [3.63, 3.8) is 0 Å². The van der Waals surface area contributed by atoms with E-state index in [1.807, 2.05) is 80.1 Å². The highest BCUT2D eigenvalue weighted by atomic mass is 35.5. The molecule has 0 N–H and O–H groups in total. The average molecular weight is 451 g/mol. The lowest BCUT2D eigenvalue weighted by Gasteiger charge is -2.21. The van der Waals surface area contributed by atoms with E-state index in [1.54, 1.807) is 12.5 Å². The van der Waals surface area contributed by atoms with Gasteiger partial charge in [0.05, 0.1) is 23.8 Å². The largest absolute Gasteiger partial charge is 0.485 e. The topological polar surface area (TPSA) is 71.2 Å². The highest BCUT2D eigenvalue weighted by molar-refractivity contribution is 6.31. The molecule has 0 spiro atoms. The molecular weight excluding hydrogens is 428 g/mol. The minimum absolute atomic E-state index is 0.0194. The van der Waals surface area contributed by atoms with Gasteiger partial charge in [-0.3, -0.25) is 4.79 Å². The average Bonchev–Trinajstić information content (AvgIpc) is 3.30. The smallest absolute Gasteiger partial charge is 0.289 e. The molecule has 2 aromatic heterocycles. The van der Waals surface area contributed by atoms with Crippen LogP contribution in [0.15, 0.2) is 78.2 Å². The predicted molar refractivity (Wildman–Crippen MR) is 123 cm³/mol. The number of imidazole rings is 1. The quantitative estimate of drug-likeness (QED) is 0.403. The zero-order valence-corrected chi connectivity index (χ0v) is 18.8. The first kappa shape index (κ1) is 21.6. The van der Waals surface area contributed by atoms with Gasteiger partial charge in [-0.25, -0.2) is 9.67 Å². The summed E-state index contributed by atoms with van der Waals surface area (Å²) in [6.45, 7) is 5.90. The van der Waals surface area contributed by atoms with E-state index in [4.69, 9.17) is 21.1 Å². The molecule has 4 aromatic rings. The number of benzene rings is 2. The molecule has 32 heavy (non-hydrogen) atoms. The van der Waals surface area contributed by atoms with Gasteiger partial charge in [0.25, 0.3) is 5.56 Å². The summed E-state index contributed by atoms with van der Waals surface area (Å²) in [6, 6.07) is 15.2. The second-order valence-electron chi connectivity index (χ2n) is 8.18. The fourth-order valence-corrected chi connectivity index (χ4v) is 3.28. The van der Waals surface area contributed by atoms with Gasteiger partial charge in [-0.1, -0.05) is 35.9 Å². The molecule has 0 amide bonds. The lowest BCUT2D eigenvalue weighted by atomic mass is 10.1. The molecule has 0 aliphatic carbocycles. The summed E-state index contributed by atoms with van der Waals surface area (Å²) in [5.41, 5.74) is 0.948. The maximum Gasteiger partial charge on any atom is 0.289 e. The number of aromatic nitrogens is 4. The second kappa shape index (κ2) is 8.88. The van der Waals surface area contributed by atoms with Crippen LogP contribution in [0.3, 0.4) is 0 Å². The van der Waals surface area contributed by atoms with E-state index in [-0.39, 0.29) is 22.9 Å². The zero-order chi connectivity index (χ0) is 22.7. The van der Waals surface area contributed by atoms with Crippen LogP contribution in [-0.2, 0) is 12.1 Å². The Morgan fingerprint density at radius 3 is 2.47 bits per heavy atom. The lowest BCUT2D eigenvalue weighted by Crippen LogP contribution is -2.36. The van der Waals surface area contributed by atoms with E-state index in [2.05, 4.69) is 10.1 Å². The minimum atomic E-state index is -0.467. The number of para-hydroxylation sites is 2. The molecule has 0 bridgehead atoms. The van der Waals surface area contributed by atoms with Gasteiger partial charge in [-0.05, 0) is 50.6 Å². The Hall–Kier alpha value is -3.58. The van der Waals surface area contributed by atoms with Gasteiger partial charge in [-0.15, -0.1) is 0 Å². The van der Waals surface area contributed by atoms with Crippen molar-refractivity contribution in [1.82, 2.24) is 19.3 Å². The highest BCUT2D eigenvalue weighted by Gasteiger charge is 2.20. The van der Waals surface area contributed by atoms with Gasteiger partial charge in [0, 0.05) is 12.4 Å². The summed E-state index contributed by atoms with van der Waals surface area (Å²) in [5, 5.41) is 4.20. The Morgan fingerprint density at radius 1 is 1.03 bits per heavy atom. The van der Waals surface area contributed by atoms with E-state index in [9.17, 15) is 4.79 Å². The molecule has 0 saturated heterocycles. The van der Waals surface area contributed by atoms with E-state index in [1.165, 1.54) is 10.9 Å². The molecule has 8 heteroatoms. The molecule has 4 rings (SSSR count). The molecule has 2 aromatic carbocycles. The first-order valence-electron chi connectivity index (χ1n) is 10.1. The summed E-state index contributed by atoms with van der Waals surface area (Å²) in [7, 11) is 0. The van der Waals surface area contributed by atoms with E-state index in [0.717, 1.165) is 11.3 Å². The summed E-state index contributed by atoms with van der Waals surface area (Å²) < 4.78 is 15.0. The molecule has 0 aliphatic heterocycles. The third-order valence-electron chi connectivity index (χ3n) is 4.72. The van der Waals surface area contributed by atoms with Crippen LogP contribution in [0.2, 0.25) is 5.02 Å². The van der Waals surface area contributed by atoms with Crippen molar-refractivity contribution in [2.24, 2.45) is 0 Å². The molecule has 7 nitrogen and oxygen atoms in total. The van der Waals surface area contributed by atoms with Gasteiger partial charge >= 0.3 is 0 Å². The Morgan fingerprint density at radius 2 is 1.78 bits per heavy atom. The van der Waals surface area contributed by atoms with Crippen molar-refractivity contribution in [1.29, 1.82) is 0 Å². The number of rotatable bonds is 6. The minimum Gasteiger partial charge on any atom is -0.485 e. The van der Waals surface area contributed by atoms with Crippen LogP contribution < -0.4 is 15.0 Å². The molecule has 2 heterocycles. The number of hydrogen-bond donors (Lipinski definition) is 0. The highest BCUT2D eigenvalue weighted by Crippen LogP contribution is 2.28. The van der Waals surface area contributed by atoms with Crippen LogP contribution in [0.4, 0.5) is 0 Å². The van der Waals surface area contributed by atoms with Crippen LogP contribution in [0.5, 0.6) is 17.2 Å². The van der Waals surface area contributed by atoms with Crippen molar-refractivity contribution < 1.29 is 9.47 Å². The second-order valence-corrected chi connectivity index (χ2v) is 8.56. The van der Waals surface area contributed by atoms with Crippen molar-refractivity contribution in [3.05, 3.63) is 94.4 Å². The maximum absolute atomic E-state index is 12.4. The predicted octanol–water partition coefficient (Wildman–Crippen LogP) is 5.21. The fourth-order valence-electron chi connectivity index (χ4n) is 3.10. The number of nitrogens with zero attached hydrogens (tertiary/aromatic N) is 4. The monoisotopic (exact) mass is 450 g/mol. The fraction of sp³-hybridized carbons (Fsp3) is 0.208.